The number of fused-ring (bicyclic) bond motifs is 3. The van der Waals surface area contributed by atoms with Crippen molar-refractivity contribution in [3.05, 3.63) is 65.2 Å². The van der Waals surface area contributed by atoms with Crippen molar-refractivity contribution in [1.82, 2.24) is 4.90 Å². The molecule has 7 heteroatoms. The minimum atomic E-state index is -0.998. The highest BCUT2D eigenvalue weighted by Gasteiger charge is 2.37. The lowest BCUT2D eigenvalue weighted by atomic mass is 9.86. The number of aromatic carboxylic acids is 1. The molecule has 3 fully saturated rings. The molecule has 30 heavy (non-hydrogen) atoms. The van der Waals surface area contributed by atoms with Crippen LogP contribution in [0.5, 0.6) is 0 Å². The van der Waals surface area contributed by atoms with Crippen LogP contribution in [0.15, 0.2) is 48.5 Å². The molecule has 1 atom stereocenters. The van der Waals surface area contributed by atoms with Gasteiger partial charge in [0.05, 0.1) is 23.7 Å². The fraction of sp³-hybridized carbons (Fsp3) is 0.348. The number of hydrogen-bond donors (Lipinski definition) is 1. The fourth-order valence-electron chi connectivity index (χ4n) is 4.18. The van der Waals surface area contributed by atoms with Gasteiger partial charge < -0.3 is 9.84 Å². The van der Waals surface area contributed by atoms with Crippen molar-refractivity contribution in [3.8, 4) is 6.07 Å². The first-order valence-electron chi connectivity index (χ1n) is 10.1. The highest BCUT2D eigenvalue weighted by atomic mass is 16.6. The molecule has 0 radical (unpaired) electrons. The lowest BCUT2D eigenvalue weighted by Crippen LogP contribution is -2.53. The van der Waals surface area contributed by atoms with Crippen molar-refractivity contribution in [2.24, 2.45) is 5.92 Å². The molecule has 7 nitrogen and oxygen atoms in total. The Morgan fingerprint density at radius 3 is 2.50 bits per heavy atom. The van der Waals surface area contributed by atoms with Gasteiger partial charge in [-0.15, -0.1) is 0 Å². The first-order chi connectivity index (χ1) is 14.5. The SMILES string of the molecule is N#Cc1cccc(N(Cc2ccc(C(=O)O)cc2)C(=O)O[C@H]2CN3CCC2CC3)c1. The molecule has 0 spiro atoms. The number of carbonyl (C=O) groups is 2. The van der Waals surface area contributed by atoms with Crippen LogP contribution in [0.3, 0.4) is 0 Å². The number of carboxylic acid groups (broad SMARTS) is 1. The Kier molecular flexibility index (Phi) is 5.68. The molecule has 1 N–H and O–H groups in total. The molecule has 154 valence electrons. The Morgan fingerprint density at radius 2 is 1.90 bits per heavy atom. The Morgan fingerprint density at radius 1 is 1.17 bits per heavy atom. The van der Waals surface area contributed by atoms with Crippen LogP contribution < -0.4 is 4.90 Å². The first-order valence-corrected chi connectivity index (χ1v) is 10.1. The van der Waals surface area contributed by atoms with E-state index in [1.54, 1.807) is 36.4 Å². The minimum absolute atomic E-state index is 0.129. The maximum Gasteiger partial charge on any atom is 0.414 e. The van der Waals surface area contributed by atoms with Crippen LogP contribution in [0, 0.1) is 17.2 Å². The predicted octanol–water partition coefficient (Wildman–Crippen LogP) is 3.49. The number of anilines is 1. The normalized spacial score (nSPS) is 22.2. The van der Waals surface area contributed by atoms with Crippen molar-refractivity contribution < 1.29 is 19.4 Å². The number of nitriles is 1. The second-order valence-electron chi connectivity index (χ2n) is 7.81. The number of benzene rings is 2. The van der Waals surface area contributed by atoms with E-state index in [2.05, 4.69) is 11.0 Å². The van der Waals surface area contributed by atoms with Crippen LogP contribution in [0.1, 0.15) is 34.3 Å². The van der Waals surface area contributed by atoms with Crippen molar-refractivity contribution in [2.75, 3.05) is 24.5 Å². The molecule has 1 amide bonds. The summed E-state index contributed by atoms with van der Waals surface area (Å²) in [6.45, 7) is 3.09. The van der Waals surface area contributed by atoms with Gasteiger partial charge in [0.2, 0.25) is 0 Å². The third-order valence-corrected chi connectivity index (χ3v) is 5.90. The molecular formula is C23H23N3O4. The number of amides is 1. The standard InChI is InChI=1S/C23H23N3O4/c24-13-17-2-1-3-20(12-17)26(14-16-4-6-19(7-5-16)22(27)28)23(29)30-21-15-25-10-8-18(21)9-11-25/h1-7,12,18,21H,8-11,14-15H2,(H,27,28)/t21-/m0/s1. The van der Waals surface area contributed by atoms with Crippen molar-refractivity contribution in [3.63, 3.8) is 0 Å². The fourth-order valence-corrected chi connectivity index (χ4v) is 4.18. The molecule has 3 saturated heterocycles. The van der Waals surface area contributed by atoms with Crippen molar-refractivity contribution in [1.29, 1.82) is 5.26 Å². The molecule has 0 aliphatic carbocycles. The highest BCUT2D eigenvalue weighted by Crippen LogP contribution is 2.31. The quantitative estimate of drug-likeness (QED) is 0.818. The summed E-state index contributed by atoms with van der Waals surface area (Å²) in [5, 5.41) is 18.3. The summed E-state index contributed by atoms with van der Waals surface area (Å²) >= 11 is 0. The molecule has 2 aromatic carbocycles. The molecule has 3 aliphatic heterocycles. The van der Waals surface area contributed by atoms with E-state index in [9.17, 15) is 14.9 Å². The zero-order valence-electron chi connectivity index (χ0n) is 16.5. The van der Waals surface area contributed by atoms with Gasteiger partial charge in [-0.3, -0.25) is 9.80 Å². The second-order valence-corrected chi connectivity index (χ2v) is 7.81. The molecule has 3 aliphatic rings. The Labute approximate surface area is 175 Å². The molecule has 3 heterocycles. The molecular weight excluding hydrogens is 382 g/mol. The summed E-state index contributed by atoms with van der Waals surface area (Å²) in [4.78, 5) is 28.1. The van der Waals surface area contributed by atoms with E-state index in [0.29, 0.717) is 17.2 Å². The highest BCUT2D eigenvalue weighted by molar-refractivity contribution is 5.89. The van der Waals surface area contributed by atoms with Crippen LogP contribution in [0.2, 0.25) is 0 Å². The zero-order chi connectivity index (χ0) is 21.1. The lowest BCUT2D eigenvalue weighted by Gasteiger charge is -2.44. The molecule has 2 aromatic rings. The van der Waals surface area contributed by atoms with Gasteiger partial charge in [-0.1, -0.05) is 18.2 Å². The smallest absolute Gasteiger partial charge is 0.414 e. The summed E-state index contributed by atoms with van der Waals surface area (Å²) in [7, 11) is 0. The Balaban J connectivity index is 1.57. The van der Waals surface area contributed by atoms with Crippen LogP contribution in [-0.4, -0.2) is 47.8 Å². The van der Waals surface area contributed by atoms with Gasteiger partial charge >= 0.3 is 12.1 Å². The van der Waals surface area contributed by atoms with E-state index < -0.39 is 12.1 Å². The summed E-state index contributed by atoms with van der Waals surface area (Å²) < 4.78 is 5.92. The van der Waals surface area contributed by atoms with E-state index in [0.717, 1.165) is 38.0 Å². The number of carboxylic acids is 1. The van der Waals surface area contributed by atoms with E-state index in [1.165, 1.54) is 17.0 Å². The number of nitrogens with zero attached hydrogens (tertiary/aromatic N) is 3. The van der Waals surface area contributed by atoms with E-state index in [1.807, 2.05) is 0 Å². The van der Waals surface area contributed by atoms with Crippen molar-refractivity contribution in [2.45, 2.75) is 25.5 Å². The summed E-state index contributed by atoms with van der Waals surface area (Å²) in [6.07, 6.45) is 1.50. The third kappa shape index (κ3) is 4.29. The predicted molar refractivity (Wildman–Crippen MR) is 110 cm³/mol. The van der Waals surface area contributed by atoms with Crippen LogP contribution >= 0.6 is 0 Å². The average molecular weight is 405 g/mol. The lowest BCUT2D eigenvalue weighted by molar-refractivity contribution is -0.0311. The number of hydrogen-bond acceptors (Lipinski definition) is 5. The van der Waals surface area contributed by atoms with Crippen LogP contribution in [-0.2, 0) is 11.3 Å². The Hall–Kier alpha value is -3.37. The number of piperidine rings is 3. The maximum atomic E-state index is 13.2. The number of carbonyl (C=O) groups excluding carboxylic acids is 1. The van der Waals surface area contributed by atoms with E-state index in [-0.39, 0.29) is 18.2 Å². The van der Waals surface area contributed by atoms with Gasteiger partial charge in [-0.2, -0.15) is 5.26 Å². The van der Waals surface area contributed by atoms with Gasteiger partial charge in [0.15, 0.2) is 0 Å². The topological polar surface area (TPSA) is 93.9 Å². The van der Waals surface area contributed by atoms with E-state index in [4.69, 9.17) is 9.84 Å². The van der Waals surface area contributed by atoms with Gasteiger partial charge in [-0.05, 0) is 67.7 Å². The van der Waals surface area contributed by atoms with E-state index >= 15 is 0 Å². The molecule has 0 saturated carbocycles. The third-order valence-electron chi connectivity index (χ3n) is 5.90. The summed E-state index contributed by atoms with van der Waals surface area (Å²) in [5.74, 6) is -0.608. The minimum Gasteiger partial charge on any atom is -0.478 e. The second kappa shape index (κ2) is 8.56. The van der Waals surface area contributed by atoms with Gasteiger partial charge in [0.1, 0.15) is 6.10 Å². The first kappa shape index (κ1) is 19.9. The zero-order valence-corrected chi connectivity index (χ0v) is 16.5. The maximum absolute atomic E-state index is 13.2. The Bertz CT molecular complexity index is 975. The molecule has 5 rings (SSSR count). The van der Waals surface area contributed by atoms with Gasteiger partial charge in [-0.25, -0.2) is 9.59 Å². The van der Waals surface area contributed by atoms with Gasteiger partial charge in [0.25, 0.3) is 0 Å². The molecule has 0 unspecified atom stereocenters. The van der Waals surface area contributed by atoms with Crippen LogP contribution in [0.4, 0.5) is 10.5 Å². The summed E-state index contributed by atoms with van der Waals surface area (Å²) in [6, 6.07) is 15.3. The van der Waals surface area contributed by atoms with Crippen LogP contribution in [0.25, 0.3) is 0 Å². The monoisotopic (exact) mass is 405 g/mol. The number of ether oxygens (including phenoxy) is 1. The van der Waals surface area contributed by atoms with Crippen molar-refractivity contribution >= 4 is 17.7 Å². The molecule has 0 aromatic heterocycles. The average Bonchev–Trinajstić information content (AvgIpc) is 2.78. The molecule has 2 bridgehead atoms. The number of rotatable bonds is 5. The largest absolute Gasteiger partial charge is 0.478 e. The van der Waals surface area contributed by atoms with Gasteiger partial charge in [0, 0.05) is 12.2 Å². The summed E-state index contributed by atoms with van der Waals surface area (Å²) in [5.41, 5.74) is 1.98.